The van der Waals surface area contributed by atoms with Crippen molar-refractivity contribution in [2.75, 3.05) is 5.43 Å². The van der Waals surface area contributed by atoms with E-state index < -0.39 is 17.6 Å². The van der Waals surface area contributed by atoms with Crippen molar-refractivity contribution < 1.29 is 18.0 Å². The molecular weight excluding hydrogens is 295 g/mol. The topological polar surface area (TPSA) is 64.9 Å². The number of carbonyl (C=O) groups is 1. The summed E-state index contributed by atoms with van der Waals surface area (Å²) in [5.74, 6) is -0.571. The van der Waals surface area contributed by atoms with E-state index >= 15 is 0 Å². The predicted octanol–water partition coefficient (Wildman–Crippen LogP) is 3.33. The fraction of sp³-hybridized carbons (Fsp3) is 0.0667. The first-order chi connectivity index (χ1) is 10.4. The highest BCUT2D eigenvalue weighted by Crippen LogP contribution is 2.35. The number of hydrogen-bond acceptors (Lipinski definition) is 3. The summed E-state index contributed by atoms with van der Waals surface area (Å²) in [6, 6.07) is 12.7. The van der Waals surface area contributed by atoms with E-state index in [-0.39, 0.29) is 11.3 Å². The molecule has 2 rings (SSSR count). The molecule has 2 aromatic carbocycles. The van der Waals surface area contributed by atoms with Crippen LogP contribution in [0.3, 0.4) is 0 Å². The maximum Gasteiger partial charge on any atom is 0.418 e. The standard InChI is InChI=1S/C15H10F3N3O/c16-15(17,18)12-8-10(9-19)6-7-13(12)20-21-14(22)11-4-2-1-3-5-11/h1-8,20H,(H,21,22). The molecule has 0 saturated heterocycles. The summed E-state index contributed by atoms with van der Waals surface area (Å²) in [5.41, 5.74) is 3.25. The molecule has 0 radical (unpaired) electrons. The van der Waals surface area contributed by atoms with Gasteiger partial charge in [-0.2, -0.15) is 18.4 Å². The van der Waals surface area contributed by atoms with E-state index in [9.17, 15) is 18.0 Å². The molecule has 0 bridgehead atoms. The van der Waals surface area contributed by atoms with Crippen LogP contribution in [0.2, 0.25) is 0 Å². The number of halogens is 3. The van der Waals surface area contributed by atoms with E-state index in [1.165, 1.54) is 18.2 Å². The molecule has 7 heteroatoms. The van der Waals surface area contributed by atoms with Gasteiger partial charge < -0.3 is 0 Å². The molecule has 0 spiro atoms. The zero-order chi connectivity index (χ0) is 16.2. The third kappa shape index (κ3) is 3.55. The molecule has 0 atom stereocenters. The lowest BCUT2D eigenvalue weighted by molar-refractivity contribution is -0.137. The van der Waals surface area contributed by atoms with Crippen LogP contribution < -0.4 is 10.9 Å². The van der Waals surface area contributed by atoms with Crippen LogP contribution in [0, 0.1) is 11.3 Å². The third-order valence-electron chi connectivity index (χ3n) is 2.80. The first-order valence-electron chi connectivity index (χ1n) is 6.14. The van der Waals surface area contributed by atoms with Gasteiger partial charge in [0.05, 0.1) is 22.9 Å². The predicted molar refractivity (Wildman–Crippen MR) is 73.7 cm³/mol. The molecule has 0 unspecified atom stereocenters. The molecule has 0 aromatic heterocycles. The second-order valence-electron chi connectivity index (χ2n) is 4.32. The zero-order valence-electron chi connectivity index (χ0n) is 11.1. The van der Waals surface area contributed by atoms with E-state index in [0.717, 1.165) is 12.1 Å². The minimum atomic E-state index is -4.65. The Morgan fingerprint density at radius 3 is 2.36 bits per heavy atom. The van der Waals surface area contributed by atoms with Crippen molar-refractivity contribution in [3.63, 3.8) is 0 Å². The van der Waals surface area contributed by atoms with Crippen molar-refractivity contribution >= 4 is 11.6 Å². The third-order valence-corrected chi connectivity index (χ3v) is 2.80. The average molecular weight is 305 g/mol. The summed E-state index contributed by atoms with van der Waals surface area (Å²) < 4.78 is 38.8. The number of rotatable bonds is 3. The first-order valence-corrected chi connectivity index (χ1v) is 6.14. The van der Waals surface area contributed by atoms with Gasteiger partial charge in [0.25, 0.3) is 5.91 Å². The number of hydrogen-bond donors (Lipinski definition) is 2. The van der Waals surface area contributed by atoms with Gasteiger partial charge in [-0.05, 0) is 30.3 Å². The Balaban J connectivity index is 2.20. The van der Waals surface area contributed by atoms with Gasteiger partial charge in [-0.1, -0.05) is 18.2 Å². The van der Waals surface area contributed by atoms with Crippen LogP contribution in [-0.2, 0) is 6.18 Å². The number of nitrogens with zero attached hydrogens (tertiary/aromatic N) is 1. The van der Waals surface area contributed by atoms with Gasteiger partial charge in [-0.3, -0.25) is 15.6 Å². The molecule has 1 amide bonds. The van der Waals surface area contributed by atoms with Crippen molar-refractivity contribution in [2.45, 2.75) is 6.18 Å². The highest BCUT2D eigenvalue weighted by atomic mass is 19.4. The van der Waals surface area contributed by atoms with E-state index in [1.807, 2.05) is 0 Å². The minimum Gasteiger partial charge on any atom is -0.298 e. The quantitative estimate of drug-likeness (QED) is 0.855. The lowest BCUT2D eigenvalue weighted by atomic mass is 10.1. The lowest BCUT2D eigenvalue weighted by Gasteiger charge is -2.15. The molecule has 2 aromatic rings. The first kappa shape index (κ1) is 15.4. The molecule has 0 aliphatic carbocycles. The van der Waals surface area contributed by atoms with Gasteiger partial charge >= 0.3 is 6.18 Å². The van der Waals surface area contributed by atoms with Crippen LogP contribution in [0.15, 0.2) is 48.5 Å². The number of benzene rings is 2. The molecule has 0 heterocycles. The molecule has 22 heavy (non-hydrogen) atoms. The Labute approximate surface area is 124 Å². The number of nitrogens with one attached hydrogen (secondary N) is 2. The monoisotopic (exact) mass is 305 g/mol. The summed E-state index contributed by atoms with van der Waals surface area (Å²) in [6.07, 6.45) is -4.65. The second kappa shape index (κ2) is 6.18. The Kier molecular flexibility index (Phi) is 4.32. The fourth-order valence-electron chi connectivity index (χ4n) is 1.74. The molecule has 0 aliphatic rings. The minimum absolute atomic E-state index is 0.118. The Bertz CT molecular complexity index is 721. The van der Waals surface area contributed by atoms with Crippen LogP contribution in [0.25, 0.3) is 0 Å². The molecular formula is C15H10F3N3O. The SMILES string of the molecule is N#Cc1ccc(NNC(=O)c2ccccc2)c(C(F)(F)F)c1. The molecule has 2 N–H and O–H groups in total. The van der Waals surface area contributed by atoms with Gasteiger partial charge in [-0.15, -0.1) is 0 Å². The van der Waals surface area contributed by atoms with Gasteiger partial charge in [0.1, 0.15) is 0 Å². The summed E-state index contributed by atoms with van der Waals surface area (Å²) in [5, 5.41) is 8.68. The summed E-state index contributed by atoms with van der Waals surface area (Å²) in [6.45, 7) is 0. The highest BCUT2D eigenvalue weighted by molar-refractivity contribution is 5.94. The maximum atomic E-state index is 12.9. The number of amides is 1. The Hall–Kier alpha value is -3.01. The van der Waals surface area contributed by atoms with Crippen molar-refractivity contribution in [2.24, 2.45) is 0 Å². The fourth-order valence-corrected chi connectivity index (χ4v) is 1.74. The maximum absolute atomic E-state index is 12.9. The van der Waals surface area contributed by atoms with Gasteiger partial charge in [0.15, 0.2) is 0 Å². The number of carbonyl (C=O) groups excluding carboxylic acids is 1. The summed E-state index contributed by atoms with van der Waals surface area (Å²) in [4.78, 5) is 11.8. The van der Waals surface area contributed by atoms with Crippen LogP contribution in [0.5, 0.6) is 0 Å². The zero-order valence-corrected chi connectivity index (χ0v) is 11.1. The van der Waals surface area contributed by atoms with Gasteiger partial charge in [0.2, 0.25) is 0 Å². The van der Waals surface area contributed by atoms with Crippen molar-refractivity contribution in [3.8, 4) is 6.07 Å². The normalized spacial score (nSPS) is 10.6. The number of alkyl halides is 3. The number of hydrazine groups is 1. The summed E-state index contributed by atoms with van der Waals surface area (Å²) >= 11 is 0. The van der Waals surface area contributed by atoms with Crippen LogP contribution in [0.1, 0.15) is 21.5 Å². The Morgan fingerprint density at radius 1 is 1.09 bits per heavy atom. The average Bonchev–Trinajstić information content (AvgIpc) is 2.52. The second-order valence-corrected chi connectivity index (χ2v) is 4.32. The van der Waals surface area contributed by atoms with E-state index in [4.69, 9.17) is 5.26 Å². The largest absolute Gasteiger partial charge is 0.418 e. The van der Waals surface area contributed by atoms with E-state index in [1.54, 1.807) is 24.3 Å². The van der Waals surface area contributed by atoms with E-state index in [2.05, 4.69) is 10.9 Å². The highest BCUT2D eigenvalue weighted by Gasteiger charge is 2.34. The van der Waals surface area contributed by atoms with Crippen molar-refractivity contribution in [1.29, 1.82) is 5.26 Å². The van der Waals surface area contributed by atoms with Crippen molar-refractivity contribution in [3.05, 3.63) is 65.2 Å². The smallest absolute Gasteiger partial charge is 0.298 e. The van der Waals surface area contributed by atoms with Crippen LogP contribution >= 0.6 is 0 Å². The number of nitriles is 1. The molecule has 0 fully saturated rings. The van der Waals surface area contributed by atoms with Gasteiger partial charge in [0, 0.05) is 5.56 Å². The number of anilines is 1. The molecule has 0 saturated carbocycles. The van der Waals surface area contributed by atoms with Gasteiger partial charge in [-0.25, -0.2) is 0 Å². The van der Waals surface area contributed by atoms with Crippen LogP contribution in [0.4, 0.5) is 18.9 Å². The van der Waals surface area contributed by atoms with Crippen LogP contribution in [-0.4, -0.2) is 5.91 Å². The molecule has 0 aliphatic heterocycles. The molecule has 4 nitrogen and oxygen atoms in total. The summed E-state index contributed by atoms with van der Waals surface area (Å²) in [7, 11) is 0. The molecule has 112 valence electrons. The van der Waals surface area contributed by atoms with E-state index in [0.29, 0.717) is 5.56 Å². The van der Waals surface area contributed by atoms with Crippen molar-refractivity contribution in [1.82, 2.24) is 5.43 Å². The lowest BCUT2D eigenvalue weighted by Crippen LogP contribution is -2.30. The Morgan fingerprint density at radius 2 is 1.77 bits per heavy atom.